The molecule has 4 fully saturated rings. The Hall–Kier alpha value is -2.70. The lowest BCUT2D eigenvalue weighted by Gasteiger charge is -2.56. The predicted molar refractivity (Wildman–Crippen MR) is 104 cm³/mol. The van der Waals surface area contributed by atoms with Gasteiger partial charge in [-0.2, -0.15) is 0 Å². The number of nitrogens with one attached hydrogen (secondary N) is 2. The first-order valence-corrected chi connectivity index (χ1v) is 9.92. The Morgan fingerprint density at radius 3 is 2.36 bits per heavy atom. The first kappa shape index (κ1) is 18.7. The smallest absolute Gasteiger partial charge is 0.270 e. The number of hydrazine groups is 1. The van der Waals surface area contributed by atoms with E-state index >= 15 is 0 Å². The van der Waals surface area contributed by atoms with E-state index in [-0.39, 0.29) is 17.0 Å². The van der Waals surface area contributed by atoms with Crippen LogP contribution in [-0.4, -0.2) is 16.7 Å². The molecule has 2 amide bonds. The lowest BCUT2D eigenvalue weighted by atomic mass is 9.49. The quantitative estimate of drug-likeness (QED) is 0.462. The molecule has 28 heavy (non-hydrogen) atoms. The van der Waals surface area contributed by atoms with Crippen molar-refractivity contribution in [3.05, 3.63) is 46.0 Å². The number of carbonyl (C=O) groups excluding carboxylic acids is 2. The molecular formula is C21H25N3O4. The fourth-order valence-electron chi connectivity index (χ4n) is 5.98. The van der Waals surface area contributed by atoms with Crippen LogP contribution in [0, 0.1) is 33.3 Å². The molecule has 7 nitrogen and oxygen atoms in total. The van der Waals surface area contributed by atoms with Gasteiger partial charge >= 0.3 is 0 Å². The molecule has 4 bridgehead atoms. The molecule has 0 atom stereocenters. The van der Waals surface area contributed by atoms with Crippen molar-refractivity contribution in [3.63, 3.8) is 0 Å². The molecule has 2 N–H and O–H groups in total. The number of nitrogens with zero attached hydrogens (tertiary/aromatic N) is 1. The first-order chi connectivity index (χ1) is 13.4. The average molecular weight is 383 g/mol. The summed E-state index contributed by atoms with van der Waals surface area (Å²) in [7, 11) is 0. The van der Waals surface area contributed by atoms with Crippen LogP contribution in [0.5, 0.6) is 0 Å². The van der Waals surface area contributed by atoms with E-state index in [4.69, 9.17) is 0 Å². The van der Waals surface area contributed by atoms with Crippen molar-refractivity contribution >= 4 is 23.6 Å². The Balaban J connectivity index is 1.27. The number of non-ortho nitro benzene ring substituents is 1. The molecule has 0 saturated heterocycles. The molecule has 7 heteroatoms. The monoisotopic (exact) mass is 383 g/mol. The minimum absolute atomic E-state index is 0.0357. The Bertz CT molecular complexity index is 797. The highest BCUT2D eigenvalue weighted by Crippen LogP contribution is 2.61. The molecule has 0 heterocycles. The average Bonchev–Trinajstić information content (AvgIpc) is 2.63. The maximum Gasteiger partial charge on any atom is 0.270 e. The normalized spacial score (nSPS) is 30.4. The molecule has 0 radical (unpaired) electrons. The summed E-state index contributed by atoms with van der Waals surface area (Å²) in [5, 5.41) is 10.8. The number of nitro benzene ring substituents is 1. The van der Waals surface area contributed by atoms with Gasteiger partial charge in [0, 0.05) is 24.6 Å². The highest BCUT2D eigenvalue weighted by atomic mass is 16.6. The van der Waals surface area contributed by atoms with Gasteiger partial charge in [0.15, 0.2) is 0 Å². The predicted octanol–water partition coefficient (Wildman–Crippen LogP) is 3.36. The number of hydrogen-bond donors (Lipinski definition) is 2. The largest absolute Gasteiger partial charge is 0.273 e. The van der Waals surface area contributed by atoms with E-state index in [1.165, 1.54) is 43.5 Å². The Kier molecular flexibility index (Phi) is 4.91. The number of carbonyl (C=O) groups is 2. The fraction of sp³-hybridized carbons (Fsp3) is 0.524. The van der Waals surface area contributed by atoms with Gasteiger partial charge in [-0.25, -0.2) is 0 Å². The number of amides is 2. The SMILES string of the molecule is O=C(/C=C/c1cccc([N+](=O)[O-])c1)NNC(=O)CC12CC3CC(CC(C3)C1)C2. The zero-order valence-electron chi connectivity index (χ0n) is 15.7. The third-order valence-electron chi connectivity index (χ3n) is 6.53. The maximum atomic E-state index is 12.4. The van der Waals surface area contributed by atoms with Crippen LogP contribution in [0.15, 0.2) is 30.3 Å². The molecule has 4 aliphatic carbocycles. The summed E-state index contributed by atoms with van der Waals surface area (Å²) in [5.74, 6) is 1.74. The van der Waals surface area contributed by atoms with Crippen molar-refractivity contribution in [2.75, 3.05) is 0 Å². The van der Waals surface area contributed by atoms with Crippen LogP contribution in [0.4, 0.5) is 5.69 Å². The minimum atomic E-state index is -0.484. The van der Waals surface area contributed by atoms with Crippen molar-refractivity contribution in [3.8, 4) is 0 Å². The van der Waals surface area contributed by atoms with Gasteiger partial charge in [-0.05, 0) is 73.3 Å². The van der Waals surface area contributed by atoms with Crippen LogP contribution in [0.3, 0.4) is 0 Å². The summed E-state index contributed by atoms with van der Waals surface area (Å²) >= 11 is 0. The number of benzene rings is 1. The van der Waals surface area contributed by atoms with E-state index in [0.717, 1.165) is 37.0 Å². The van der Waals surface area contributed by atoms with Gasteiger partial charge in [0.1, 0.15) is 0 Å². The van der Waals surface area contributed by atoms with E-state index in [9.17, 15) is 19.7 Å². The van der Waals surface area contributed by atoms with Gasteiger partial charge in [0.05, 0.1) is 4.92 Å². The summed E-state index contributed by atoms with van der Waals surface area (Å²) in [6.07, 6.45) is 10.6. The van der Waals surface area contributed by atoms with E-state index < -0.39 is 10.8 Å². The third kappa shape index (κ3) is 4.08. The second-order valence-corrected chi connectivity index (χ2v) is 8.82. The van der Waals surface area contributed by atoms with Crippen molar-refractivity contribution in [2.24, 2.45) is 23.2 Å². The van der Waals surface area contributed by atoms with E-state index in [1.807, 2.05) is 0 Å². The highest BCUT2D eigenvalue weighted by Gasteiger charge is 2.51. The zero-order valence-corrected chi connectivity index (χ0v) is 15.7. The van der Waals surface area contributed by atoms with E-state index in [2.05, 4.69) is 10.9 Å². The van der Waals surface area contributed by atoms with Gasteiger partial charge in [-0.3, -0.25) is 30.6 Å². The van der Waals surface area contributed by atoms with Crippen molar-refractivity contribution in [2.45, 2.75) is 44.9 Å². The summed E-state index contributed by atoms with van der Waals surface area (Å²) in [5.41, 5.74) is 5.58. The summed E-state index contributed by atoms with van der Waals surface area (Å²) in [6.45, 7) is 0. The van der Waals surface area contributed by atoms with Gasteiger partial charge in [-0.1, -0.05) is 12.1 Å². The zero-order chi connectivity index (χ0) is 19.7. The molecule has 0 spiro atoms. The molecule has 5 rings (SSSR count). The molecule has 0 aromatic heterocycles. The molecule has 148 valence electrons. The molecular weight excluding hydrogens is 358 g/mol. The fourth-order valence-corrected chi connectivity index (χ4v) is 5.98. The van der Waals surface area contributed by atoms with Crippen LogP contribution < -0.4 is 10.9 Å². The van der Waals surface area contributed by atoms with Crippen LogP contribution in [-0.2, 0) is 9.59 Å². The van der Waals surface area contributed by atoms with Gasteiger partial charge < -0.3 is 0 Å². The lowest BCUT2D eigenvalue weighted by Crippen LogP contribution is -2.49. The second-order valence-electron chi connectivity index (χ2n) is 8.82. The van der Waals surface area contributed by atoms with Crippen LogP contribution in [0.25, 0.3) is 6.08 Å². The lowest BCUT2D eigenvalue weighted by molar-refractivity contribution is -0.384. The molecule has 4 saturated carbocycles. The standard InChI is InChI=1S/C21H25N3O4/c25-19(5-4-14-2-1-3-18(9-14)24(27)28)22-23-20(26)13-21-10-15-6-16(11-21)8-17(7-15)12-21/h1-5,9,15-17H,6-8,10-13H2,(H,22,25)(H,23,26)/b5-4+. The molecule has 1 aromatic carbocycles. The molecule has 4 aliphatic rings. The molecule has 0 aliphatic heterocycles. The maximum absolute atomic E-state index is 12.4. The van der Waals surface area contributed by atoms with Gasteiger partial charge in [0.2, 0.25) is 5.91 Å². The van der Waals surface area contributed by atoms with Crippen LogP contribution in [0.1, 0.15) is 50.5 Å². The summed E-state index contributed by atoms with van der Waals surface area (Å²) in [4.78, 5) is 34.7. The third-order valence-corrected chi connectivity index (χ3v) is 6.53. The molecule has 0 unspecified atom stereocenters. The number of nitro groups is 1. The van der Waals surface area contributed by atoms with Gasteiger partial charge in [-0.15, -0.1) is 0 Å². The van der Waals surface area contributed by atoms with Crippen molar-refractivity contribution in [1.29, 1.82) is 0 Å². The van der Waals surface area contributed by atoms with Crippen LogP contribution in [0.2, 0.25) is 0 Å². The van der Waals surface area contributed by atoms with E-state index in [1.54, 1.807) is 12.1 Å². The van der Waals surface area contributed by atoms with E-state index in [0.29, 0.717) is 12.0 Å². The van der Waals surface area contributed by atoms with Crippen molar-refractivity contribution in [1.82, 2.24) is 10.9 Å². The molecule has 1 aromatic rings. The first-order valence-electron chi connectivity index (χ1n) is 9.92. The highest BCUT2D eigenvalue weighted by molar-refractivity contribution is 5.93. The minimum Gasteiger partial charge on any atom is -0.273 e. The summed E-state index contributed by atoms with van der Waals surface area (Å²) in [6, 6.07) is 6.00. The van der Waals surface area contributed by atoms with Crippen LogP contribution >= 0.6 is 0 Å². The number of hydrogen-bond acceptors (Lipinski definition) is 4. The Morgan fingerprint density at radius 1 is 1.11 bits per heavy atom. The Morgan fingerprint density at radius 2 is 1.75 bits per heavy atom. The summed E-state index contributed by atoms with van der Waals surface area (Å²) < 4.78 is 0. The Labute approximate surface area is 163 Å². The number of rotatable bonds is 5. The second kappa shape index (κ2) is 7.37. The van der Waals surface area contributed by atoms with Gasteiger partial charge in [0.25, 0.3) is 11.6 Å². The van der Waals surface area contributed by atoms with Crippen molar-refractivity contribution < 1.29 is 14.5 Å². The topological polar surface area (TPSA) is 101 Å².